The Bertz CT molecular complexity index is 1990. The predicted octanol–water partition coefficient (Wildman–Crippen LogP) is 3.78. The van der Waals surface area contributed by atoms with E-state index in [-0.39, 0.29) is 29.0 Å². The van der Waals surface area contributed by atoms with Gasteiger partial charge in [0, 0.05) is 67.2 Å². The molecule has 2 aliphatic heterocycles. The first-order valence-electron chi connectivity index (χ1n) is 13.6. The number of anilines is 2. The first-order chi connectivity index (χ1) is 20.2. The minimum absolute atomic E-state index is 0.0505. The van der Waals surface area contributed by atoms with Crippen molar-refractivity contribution in [3.05, 3.63) is 70.3 Å². The lowest BCUT2D eigenvalue weighted by molar-refractivity contribution is 0.0694. The summed E-state index contributed by atoms with van der Waals surface area (Å²) in [6.45, 7) is 1.76. The molecule has 6 heterocycles. The van der Waals surface area contributed by atoms with Crippen LogP contribution in [0.25, 0.3) is 38.6 Å². The first kappa shape index (κ1) is 26.4. The van der Waals surface area contributed by atoms with Gasteiger partial charge in [-0.25, -0.2) is 18.6 Å². The van der Waals surface area contributed by atoms with Crippen LogP contribution in [0.4, 0.5) is 20.2 Å². The van der Waals surface area contributed by atoms with Gasteiger partial charge in [0.25, 0.3) is 5.56 Å². The zero-order chi connectivity index (χ0) is 29.4. The van der Waals surface area contributed by atoms with E-state index in [0.717, 1.165) is 6.07 Å². The summed E-state index contributed by atoms with van der Waals surface area (Å²) in [5.74, 6) is -3.11. The number of carbonyl (C=O) groups is 1. The number of hydrogen-bond donors (Lipinski definition) is 3. The molecule has 4 aromatic heterocycles. The van der Waals surface area contributed by atoms with Crippen molar-refractivity contribution in [1.82, 2.24) is 19.3 Å². The largest absolute Gasteiger partial charge is 0.477 e. The summed E-state index contributed by atoms with van der Waals surface area (Å²) in [5, 5.41) is 12.9. The number of halogens is 2. The third-order valence-electron chi connectivity index (χ3n) is 8.69. The number of ether oxygens (including phenoxy) is 1. The fourth-order valence-electron chi connectivity index (χ4n) is 6.60. The van der Waals surface area contributed by atoms with Crippen LogP contribution in [0.2, 0.25) is 0 Å². The third kappa shape index (κ3) is 3.78. The monoisotopic (exact) mass is 574 g/mol. The number of rotatable bonds is 5. The van der Waals surface area contributed by atoms with Gasteiger partial charge in [0.2, 0.25) is 0 Å². The number of aromatic carboxylic acids is 1. The number of nitrogens with one attached hydrogen (secondary N) is 2. The van der Waals surface area contributed by atoms with E-state index in [1.54, 1.807) is 31.6 Å². The maximum atomic E-state index is 15.7. The van der Waals surface area contributed by atoms with Gasteiger partial charge in [-0.15, -0.1) is 0 Å². The highest BCUT2D eigenvalue weighted by molar-refractivity contribution is 6.18. The lowest BCUT2D eigenvalue weighted by Gasteiger charge is -2.27. The number of hydrogen-bond acceptors (Lipinski definition) is 7. The van der Waals surface area contributed by atoms with E-state index >= 15 is 4.39 Å². The van der Waals surface area contributed by atoms with Crippen LogP contribution >= 0.6 is 0 Å². The number of aromatic amines is 1. The Labute approximate surface area is 238 Å². The summed E-state index contributed by atoms with van der Waals surface area (Å²) in [6, 6.07) is 7.68. The molecule has 42 heavy (non-hydrogen) atoms. The summed E-state index contributed by atoms with van der Waals surface area (Å²) < 4.78 is 38.0. The van der Waals surface area contributed by atoms with Crippen molar-refractivity contribution < 1.29 is 23.4 Å². The van der Waals surface area contributed by atoms with Crippen molar-refractivity contribution in [1.29, 1.82) is 0 Å². The standard InChI is InChI=1S/C30H28F2N6O4/c1-33-20-8-19(31)25(32)23-24-27(37-11-18-21(36(2)3)13-42-22(18)12-37)17(9-34-28(24)35-26(20)23)14-4-5-15-6-7-16(30(40)41)29(39)38(15)10-14/h4-10,18,21-22,33H,11-13H2,1-3H3,(H,34,35)(H,40,41). The van der Waals surface area contributed by atoms with Crippen LogP contribution in [0, 0.1) is 17.6 Å². The maximum absolute atomic E-state index is 15.7. The molecular formula is C30H28F2N6O4. The second-order valence-electron chi connectivity index (χ2n) is 11.1. The number of carboxylic acids is 1. The molecular weight excluding hydrogens is 546 g/mol. The van der Waals surface area contributed by atoms with E-state index in [4.69, 9.17) is 4.74 Å². The second kappa shape index (κ2) is 9.50. The van der Waals surface area contributed by atoms with Gasteiger partial charge in [0.15, 0.2) is 11.6 Å². The SMILES string of the molecule is CNc1cc(F)c(F)c2c1[nH]c1ncc(-c3ccc4ccc(C(=O)O)c(=O)n4c3)c(N3CC4OCC(N(C)C)C4C3)c12. The first-order valence-corrected chi connectivity index (χ1v) is 13.6. The minimum Gasteiger partial charge on any atom is -0.477 e. The molecule has 2 aliphatic rings. The van der Waals surface area contributed by atoms with Crippen molar-refractivity contribution in [2.75, 3.05) is 51.1 Å². The molecule has 0 aliphatic carbocycles. The van der Waals surface area contributed by atoms with Gasteiger partial charge in [-0.2, -0.15) is 0 Å². The number of nitrogens with zero attached hydrogens (tertiary/aromatic N) is 4. The highest BCUT2D eigenvalue weighted by atomic mass is 19.2. The maximum Gasteiger partial charge on any atom is 0.341 e. The van der Waals surface area contributed by atoms with E-state index in [0.29, 0.717) is 64.3 Å². The van der Waals surface area contributed by atoms with Crippen LogP contribution in [-0.2, 0) is 4.74 Å². The summed E-state index contributed by atoms with van der Waals surface area (Å²) >= 11 is 0. The Morgan fingerprint density at radius 1 is 1.19 bits per heavy atom. The molecule has 12 heteroatoms. The summed E-state index contributed by atoms with van der Waals surface area (Å²) in [6.07, 6.45) is 3.16. The molecule has 7 rings (SSSR count). The highest BCUT2D eigenvalue weighted by Crippen LogP contribution is 2.45. The average Bonchev–Trinajstić information content (AvgIpc) is 3.67. The number of aromatic nitrogens is 3. The third-order valence-corrected chi connectivity index (χ3v) is 8.69. The molecule has 0 radical (unpaired) electrons. The molecule has 216 valence electrons. The molecule has 2 fully saturated rings. The average molecular weight is 575 g/mol. The second-order valence-corrected chi connectivity index (χ2v) is 11.1. The van der Waals surface area contributed by atoms with E-state index in [2.05, 4.69) is 25.1 Å². The number of fused-ring (bicyclic) bond motifs is 5. The van der Waals surface area contributed by atoms with Crippen molar-refractivity contribution in [2.45, 2.75) is 12.1 Å². The van der Waals surface area contributed by atoms with Crippen LogP contribution in [0.15, 0.2) is 47.5 Å². The van der Waals surface area contributed by atoms with Gasteiger partial charge in [0.1, 0.15) is 11.2 Å². The number of likely N-dealkylation sites (N-methyl/N-ethyl adjacent to an activating group) is 1. The molecule has 10 nitrogen and oxygen atoms in total. The van der Waals surface area contributed by atoms with Gasteiger partial charge in [-0.1, -0.05) is 6.07 Å². The van der Waals surface area contributed by atoms with E-state index in [9.17, 15) is 19.1 Å². The van der Waals surface area contributed by atoms with Gasteiger partial charge < -0.3 is 29.9 Å². The Morgan fingerprint density at radius 3 is 2.71 bits per heavy atom. The molecule has 3 N–H and O–H groups in total. The lowest BCUT2D eigenvalue weighted by atomic mass is 9.99. The molecule has 0 bridgehead atoms. The van der Waals surface area contributed by atoms with Crippen LogP contribution < -0.4 is 15.8 Å². The molecule has 2 saturated heterocycles. The number of H-pyrrole nitrogens is 1. The van der Waals surface area contributed by atoms with E-state index in [1.165, 1.54) is 10.5 Å². The Hall–Kier alpha value is -4.55. The molecule has 0 spiro atoms. The lowest BCUT2D eigenvalue weighted by Crippen LogP contribution is -2.37. The van der Waals surface area contributed by atoms with E-state index < -0.39 is 23.2 Å². The normalized spacial score (nSPS) is 20.3. The smallest absolute Gasteiger partial charge is 0.341 e. The zero-order valence-electron chi connectivity index (χ0n) is 23.1. The van der Waals surface area contributed by atoms with Crippen molar-refractivity contribution in [3.8, 4) is 11.1 Å². The van der Waals surface area contributed by atoms with Crippen LogP contribution in [-0.4, -0.2) is 83.3 Å². The number of benzene rings is 1. The minimum atomic E-state index is -1.32. The van der Waals surface area contributed by atoms with Gasteiger partial charge >= 0.3 is 5.97 Å². The van der Waals surface area contributed by atoms with Crippen LogP contribution in [0.5, 0.6) is 0 Å². The van der Waals surface area contributed by atoms with Gasteiger partial charge in [-0.3, -0.25) is 9.20 Å². The Morgan fingerprint density at radius 2 is 1.98 bits per heavy atom. The fraction of sp³-hybridized carbons (Fsp3) is 0.300. The quantitative estimate of drug-likeness (QED) is 0.291. The zero-order valence-corrected chi connectivity index (χ0v) is 23.1. The molecule has 0 saturated carbocycles. The van der Waals surface area contributed by atoms with Crippen LogP contribution in [0.1, 0.15) is 10.4 Å². The van der Waals surface area contributed by atoms with Gasteiger partial charge in [0.05, 0.1) is 40.4 Å². The molecule has 5 aromatic rings. The van der Waals surface area contributed by atoms with Crippen molar-refractivity contribution >= 4 is 44.8 Å². The number of carboxylic acid groups (broad SMARTS) is 1. The molecule has 3 unspecified atom stereocenters. The fourth-order valence-corrected chi connectivity index (χ4v) is 6.60. The number of pyridine rings is 3. The van der Waals surface area contributed by atoms with Crippen molar-refractivity contribution in [2.24, 2.45) is 5.92 Å². The molecule has 0 amide bonds. The van der Waals surface area contributed by atoms with E-state index in [1.807, 2.05) is 20.2 Å². The topological polar surface area (TPSA) is 115 Å². The predicted molar refractivity (Wildman–Crippen MR) is 156 cm³/mol. The highest BCUT2D eigenvalue weighted by Gasteiger charge is 2.45. The summed E-state index contributed by atoms with van der Waals surface area (Å²) in [4.78, 5) is 36.8. The molecule has 3 atom stereocenters. The summed E-state index contributed by atoms with van der Waals surface area (Å²) in [5.41, 5.74) is 2.45. The van der Waals surface area contributed by atoms with Crippen molar-refractivity contribution in [3.63, 3.8) is 0 Å². The van der Waals surface area contributed by atoms with Crippen LogP contribution in [0.3, 0.4) is 0 Å². The summed E-state index contributed by atoms with van der Waals surface area (Å²) in [7, 11) is 5.67. The van der Waals surface area contributed by atoms with Gasteiger partial charge in [-0.05, 0) is 32.3 Å². The Kier molecular flexibility index (Phi) is 5.96. The Balaban J connectivity index is 1.52. The molecule has 1 aromatic carbocycles.